The zero-order valence-electron chi connectivity index (χ0n) is 14.2. The monoisotopic (exact) mass is 372 g/mol. The van der Waals surface area contributed by atoms with Gasteiger partial charge in [0.25, 0.3) is 5.91 Å². The van der Waals surface area contributed by atoms with Gasteiger partial charge in [0.2, 0.25) is 5.16 Å². The van der Waals surface area contributed by atoms with Gasteiger partial charge in [-0.25, -0.2) is 9.69 Å². The molecular weight excluding hydrogens is 356 g/mol. The molecule has 3 aromatic rings. The molecule has 4 rings (SSSR count). The summed E-state index contributed by atoms with van der Waals surface area (Å²) in [5.41, 5.74) is 0.721. The summed E-state index contributed by atoms with van der Waals surface area (Å²) in [6.45, 7) is 1.87. The molecule has 4 heterocycles. The fourth-order valence-corrected chi connectivity index (χ4v) is 3.42. The smallest absolute Gasteiger partial charge is 0.253 e. The van der Waals surface area contributed by atoms with Crippen molar-refractivity contribution in [2.75, 3.05) is 5.75 Å². The summed E-state index contributed by atoms with van der Waals surface area (Å²) >= 11 is 1.26. The maximum Gasteiger partial charge on any atom is 0.253 e. The lowest BCUT2D eigenvalue weighted by molar-refractivity contribution is -0.130. The molecule has 134 valence electrons. The Kier molecular flexibility index (Phi) is 4.33. The van der Waals surface area contributed by atoms with E-state index in [2.05, 4.69) is 20.6 Å². The van der Waals surface area contributed by atoms with Crippen LogP contribution in [0, 0.1) is 6.92 Å². The SMILES string of the molecule is Cc1ccc(C2=NN(C(=O)CSc3nnnn3C)[C@@H](c3ccco3)C2)o1. The average molecular weight is 372 g/mol. The number of hydrazone groups is 1. The van der Waals surface area contributed by atoms with E-state index in [0.717, 1.165) is 11.5 Å². The van der Waals surface area contributed by atoms with E-state index in [-0.39, 0.29) is 17.7 Å². The number of nitrogens with zero attached hydrogens (tertiary/aromatic N) is 6. The third kappa shape index (κ3) is 3.15. The molecular formula is C16H16N6O3S. The number of rotatable bonds is 5. The number of hydrogen-bond acceptors (Lipinski definition) is 8. The average Bonchev–Trinajstić information content (AvgIpc) is 3.39. The normalized spacial score (nSPS) is 16.9. The van der Waals surface area contributed by atoms with Crippen molar-refractivity contribution in [2.24, 2.45) is 12.1 Å². The number of tetrazole rings is 1. The fourth-order valence-electron chi connectivity index (χ4n) is 2.72. The van der Waals surface area contributed by atoms with Gasteiger partial charge in [0.05, 0.1) is 12.0 Å². The summed E-state index contributed by atoms with van der Waals surface area (Å²) in [6.07, 6.45) is 2.12. The molecule has 26 heavy (non-hydrogen) atoms. The summed E-state index contributed by atoms with van der Waals surface area (Å²) < 4.78 is 12.7. The van der Waals surface area contributed by atoms with Crippen molar-refractivity contribution in [3.05, 3.63) is 47.8 Å². The van der Waals surface area contributed by atoms with E-state index < -0.39 is 0 Å². The molecule has 3 aromatic heterocycles. The Morgan fingerprint density at radius 3 is 2.92 bits per heavy atom. The van der Waals surface area contributed by atoms with Crippen LogP contribution in [0.2, 0.25) is 0 Å². The highest BCUT2D eigenvalue weighted by atomic mass is 32.2. The van der Waals surface area contributed by atoms with Gasteiger partial charge in [0.1, 0.15) is 29.0 Å². The summed E-state index contributed by atoms with van der Waals surface area (Å²) in [7, 11) is 1.73. The Morgan fingerprint density at radius 1 is 1.38 bits per heavy atom. The first-order valence-electron chi connectivity index (χ1n) is 7.96. The Morgan fingerprint density at radius 2 is 2.27 bits per heavy atom. The summed E-state index contributed by atoms with van der Waals surface area (Å²) in [5.74, 6) is 2.16. The zero-order chi connectivity index (χ0) is 18.1. The quantitative estimate of drug-likeness (QED) is 0.632. The molecule has 9 nitrogen and oxygen atoms in total. The molecule has 0 bridgehead atoms. The van der Waals surface area contributed by atoms with Crippen LogP contribution in [0.3, 0.4) is 0 Å². The van der Waals surface area contributed by atoms with E-state index in [4.69, 9.17) is 8.83 Å². The van der Waals surface area contributed by atoms with Crippen LogP contribution in [-0.2, 0) is 11.8 Å². The standard InChI is InChI=1S/C16H16N6O3S/c1-10-5-6-13(25-10)11-8-12(14-4-3-7-24-14)22(18-11)15(23)9-26-16-17-19-20-21(16)2/h3-7,12H,8-9H2,1-2H3/t12-/m1/s1. The van der Waals surface area contributed by atoms with Crippen molar-refractivity contribution in [1.82, 2.24) is 25.2 Å². The van der Waals surface area contributed by atoms with Crippen molar-refractivity contribution in [1.29, 1.82) is 0 Å². The van der Waals surface area contributed by atoms with Crippen LogP contribution in [0.1, 0.15) is 29.7 Å². The van der Waals surface area contributed by atoms with Crippen LogP contribution in [0.15, 0.2) is 49.6 Å². The molecule has 0 radical (unpaired) electrons. The van der Waals surface area contributed by atoms with Gasteiger partial charge in [-0.15, -0.1) is 5.10 Å². The van der Waals surface area contributed by atoms with Crippen LogP contribution in [-0.4, -0.2) is 42.6 Å². The maximum absolute atomic E-state index is 12.8. The summed E-state index contributed by atoms with van der Waals surface area (Å²) in [4.78, 5) is 12.8. The number of carbonyl (C=O) groups is 1. The molecule has 0 N–H and O–H groups in total. The molecule has 1 amide bonds. The minimum Gasteiger partial charge on any atom is -0.467 e. The first-order valence-corrected chi connectivity index (χ1v) is 8.95. The largest absolute Gasteiger partial charge is 0.467 e. The molecule has 0 fully saturated rings. The Labute approximate surface area is 153 Å². The highest BCUT2D eigenvalue weighted by Crippen LogP contribution is 2.34. The topological polar surface area (TPSA) is 103 Å². The van der Waals surface area contributed by atoms with Gasteiger partial charge < -0.3 is 8.83 Å². The van der Waals surface area contributed by atoms with Crippen LogP contribution < -0.4 is 0 Å². The number of aryl methyl sites for hydroxylation is 2. The van der Waals surface area contributed by atoms with E-state index in [1.807, 2.05) is 25.1 Å². The molecule has 1 aliphatic rings. The Bertz CT molecular complexity index is 945. The maximum atomic E-state index is 12.8. The minimum absolute atomic E-state index is 0.155. The van der Waals surface area contributed by atoms with Crippen molar-refractivity contribution in [2.45, 2.75) is 24.5 Å². The highest BCUT2D eigenvalue weighted by Gasteiger charge is 2.35. The third-order valence-electron chi connectivity index (χ3n) is 3.97. The van der Waals surface area contributed by atoms with Crippen LogP contribution in [0.4, 0.5) is 0 Å². The second kappa shape index (κ2) is 6.79. The number of furan rings is 2. The van der Waals surface area contributed by atoms with Gasteiger partial charge >= 0.3 is 0 Å². The number of aromatic nitrogens is 4. The highest BCUT2D eigenvalue weighted by molar-refractivity contribution is 7.99. The van der Waals surface area contributed by atoms with Crippen molar-refractivity contribution in [3.8, 4) is 0 Å². The lowest BCUT2D eigenvalue weighted by Crippen LogP contribution is -2.28. The van der Waals surface area contributed by atoms with E-state index in [1.54, 1.807) is 19.4 Å². The molecule has 1 atom stereocenters. The first kappa shape index (κ1) is 16.6. The van der Waals surface area contributed by atoms with Crippen molar-refractivity contribution in [3.63, 3.8) is 0 Å². The molecule has 10 heteroatoms. The molecule has 0 saturated carbocycles. The number of amides is 1. The van der Waals surface area contributed by atoms with Crippen molar-refractivity contribution < 1.29 is 13.6 Å². The molecule has 0 aromatic carbocycles. The van der Waals surface area contributed by atoms with Crippen LogP contribution in [0.25, 0.3) is 0 Å². The molecule has 0 saturated heterocycles. The Hall–Kier alpha value is -2.88. The summed E-state index contributed by atoms with van der Waals surface area (Å²) in [6, 6.07) is 7.09. The van der Waals surface area contributed by atoms with Crippen molar-refractivity contribution >= 4 is 23.4 Å². The first-order chi connectivity index (χ1) is 12.6. The lowest BCUT2D eigenvalue weighted by atomic mass is 10.1. The molecule has 0 spiro atoms. The van der Waals surface area contributed by atoms with Crippen LogP contribution >= 0.6 is 11.8 Å². The molecule has 1 aliphatic heterocycles. The van der Waals surface area contributed by atoms with E-state index in [0.29, 0.717) is 23.1 Å². The predicted molar refractivity (Wildman–Crippen MR) is 92.4 cm³/mol. The number of thioether (sulfide) groups is 1. The van der Waals surface area contributed by atoms with Crippen LogP contribution in [0.5, 0.6) is 0 Å². The fraction of sp³-hybridized carbons (Fsp3) is 0.312. The number of carbonyl (C=O) groups excluding carboxylic acids is 1. The lowest BCUT2D eigenvalue weighted by Gasteiger charge is -2.19. The van der Waals surface area contributed by atoms with Gasteiger partial charge in [0, 0.05) is 13.5 Å². The van der Waals surface area contributed by atoms with Gasteiger partial charge in [0.15, 0.2) is 0 Å². The van der Waals surface area contributed by atoms with Gasteiger partial charge in [-0.2, -0.15) is 5.10 Å². The predicted octanol–water partition coefficient (Wildman–Crippen LogP) is 2.17. The van der Waals surface area contributed by atoms with E-state index >= 15 is 0 Å². The minimum atomic E-state index is -0.295. The van der Waals surface area contributed by atoms with E-state index in [1.165, 1.54) is 21.5 Å². The summed E-state index contributed by atoms with van der Waals surface area (Å²) in [5, 5.41) is 17.7. The second-order valence-electron chi connectivity index (χ2n) is 5.80. The van der Waals surface area contributed by atoms with Gasteiger partial charge in [-0.05, 0) is 41.6 Å². The molecule has 0 aliphatic carbocycles. The zero-order valence-corrected chi connectivity index (χ0v) is 15.0. The van der Waals surface area contributed by atoms with Gasteiger partial charge in [-0.3, -0.25) is 4.79 Å². The van der Waals surface area contributed by atoms with E-state index in [9.17, 15) is 4.79 Å². The van der Waals surface area contributed by atoms with Gasteiger partial charge in [-0.1, -0.05) is 11.8 Å². The third-order valence-corrected chi connectivity index (χ3v) is 4.96. The second-order valence-corrected chi connectivity index (χ2v) is 6.75. The number of hydrogen-bond donors (Lipinski definition) is 0. The molecule has 0 unspecified atom stereocenters. The Balaban J connectivity index is 1.56.